The van der Waals surface area contributed by atoms with Crippen LogP contribution < -0.4 is 5.32 Å². The van der Waals surface area contributed by atoms with Gasteiger partial charge in [0.05, 0.1) is 30.0 Å². The summed E-state index contributed by atoms with van der Waals surface area (Å²) in [6.45, 7) is 0.768. The first-order chi connectivity index (χ1) is 18.4. The molecule has 0 fully saturated rings. The van der Waals surface area contributed by atoms with Gasteiger partial charge >= 0.3 is 6.18 Å². The Morgan fingerprint density at radius 1 is 1.15 bits per heavy atom. The third kappa shape index (κ3) is 6.08. The molecule has 0 radical (unpaired) electrons. The summed E-state index contributed by atoms with van der Waals surface area (Å²) in [5.41, 5.74) is 0.335. The lowest BCUT2D eigenvalue weighted by Crippen LogP contribution is -2.47. The van der Waals surface area contributed by atoms with Gasteiger partial charge in [0.15, 0.2) is 0 Å². The second kappa shape index (κ2) is 10.8. The molecule has 39 heavy (non-hydrogen) atoms. The van der Waals surface area contributed by atoms with Crippen molar-refractivity contribution < 1.29 is 35.2 Å². The highest BCUT2D eigenvalue weighted by Crippen LogP contribution is 2.30. The lowest BCUT2D eigenvalue weighted by Gasteiger charge is -2.24. The van der Waals surface area contributed by atoms with Gasteiger partial charge in [-0.25, -0.2) is 12.8 Å². The first-order valence-electron chi connectivity index (χ1n) is 11.3. The standard InChI is InChI=1S/C26H20F4N4O4S/c1-3-10-34(39(36,37)24-13-18-11-20(27)5-7-23(18)38-24)16(2)25(35)33-15-21-12-17(8-9-31-21)22-6-4-19(14-32-22)26(28,29)30/h1,4-9,11-14,16H,10,15H2,2H3,(H,33,35)/t16-/m0/s1. The van der Waals surface area contributed by atoms with E-state index in [1.165, 1.54) is 31.3 Å². The zero-order valence-electron chi connectivity index (χ0n) is 20.2. The number of alkyl halides is 3. The SMILES string of the molecule is C#CCN([C@@H](C)C(=O)NCc1cc(-c2ccc(C(F)(F)F)cn2)ccn1)S(=O)(=O)c1cc2cc(F)ccc2o1. The summed E-state index contributed by atoms with van der Waals surface area (Å²) in [7, 11) is -4.39. The van der Waals surface area contributed by atoms with E-state index in [-0.39, 0.29) is 23.2 Å². The van der Waals surface area contributed by atoms with Crippen molar-refractivity contribution in [2.45, 2.75) is 30.8 Å². The fourth-order valence-electron chi connectivity index (χ4n) is 3.68. The van der Waals surface area contributed by atoms with Gasteiger partial charge in [-0.3, -0.25) is 14.8 Å². The van der Waals surface area contributed by atoms with E-state index in [4.69, 9.17) is 10.8 Å². The molecule has 8 nitrogen and oxygen atoms in total. The molecule has 0 aliphatic heterocycles. The zero-order chi connectivity index (χ0) is 28.4. The fraction of sp³-hybridized carbons (Fsp3) is 0.192. The average Bonchev–Trinajstić information content (AvgIpc) is 3.34. The summed E-state index contributed by atoms with van der Waals surface area (Å²) in [5.74, 6) is 0.935. The van der Waals surface area contributed by atoms with Crippen molar-refractivity contribution in [2.75, 3.05) is 6.54 Å². The number of carbonyl (C=O) groups is 1. The minimum atomic E-state index is -4.51. The van der Waals surface area contributed by atoms with Gasteiger partial charge < -0.3 is 9.73 Å². The summed E-state index contributed by atoms with van der Waals surface area (Å²) in [4.78, 5) is 20.9. The summed E-state index contributed by atoms with van der Waals surface area (Å²) in [5, 5.41) is 2.30. The smallest absolute Gasteiger partial charge is 0.417 e. The van der Waals surface area contributed by atoms with Crippen molar-refractivity contribution in [1.29, 1.82) is 0 Å². The molecule has 4 rings (SSSR count). The number of rotatable bonds is 8. The van der Waals surface area contributed by atoms with E-state index in [1.807, 2.05) is 0 Å². The van der Waals surface area contributed by atoms with Crippen LogP contribution in [0, 0.1) is 18.2 Å². The van der Waals surface area contributed by atoms with E-state index in [0.717, 1.165) is 34.8 Å². The molecule has 0 unspecified atom stereocenters. The van der Waals surface area contributed by atoms with Gasteiger partial charge in [-0.2, -0.15) is 17.5 Å². The van der Waals surface area contributed by atoms with Gasteiger partial charge in [0, 0.05) is 29.4 Å². The van der Waals surface area contributed by atoms with Crippen LogP contribution in [0.25, 0.3) is 22.2 Å². The number of amides is 1. The van der Waals surface area contributed by atoms with E-state index >= 15 is 0 Å². The average molecular weight is 561 g/mol. The van der Waals surface area contributed by atoms with Gasteiger partial charge in [0.25, 0.3) is 10.0 Å². The van der Waals surface area contributed by atoms with Crippen LogP contribution in [0.2, 0.25) is 0 Å². The number of hydrogen-bond acceptors (Lipinski definition) is 6. The maximum atomic E-state index is 13.5. The monoisotopic (exact) mass is 560 g/mol. The number of halogens is 4. The molecule has 202 valence electrons. The van der Waals surface area contributed by atoms with Crippen LogP contribution in [0.5, 0.6) is 0 Å². The van der Waals surface area contributed by atoms with Crippen LogP contribution >= 0.6 is 0 Å². The van der Waals surface area contributed by atoms with Crippen LogP contribution in [0.15, 0.2) is 70.4 Å². The lowest BCUT2D eigenvalue weighted by molar-refractivity contribution is -0.137. The van der Waals surface area contributed by atoms with E-state index in [0.29, 0.717) is 11.3 Å². The number of pyridine rings is 2. The normalized spacial score (nSPS) is 12.8. The largest absolute Gasteiger partial charge is 0.443 e. The Balaban J connectivity index is 1.49. The maximum Gasteiger partial charge on any atom is 0.417 e. The highest BCUT2D eigenvalue weighted by molar-refractivity contribution is 7.89. The zero-order valence-corrected chi connectivity index (χ0v) is 21.1. The molecule has 4 aromatic rings. The van der Waals surface area contributed by atoms with Crippen LogP contribution in [0.3, 0.4) is 0 Å². The number of fused-ring (bicyclic) bond motifs is 1. The highest BCUT2D eigenvalue weighted by Gasteiger charge is 2.35. The molecule has 0 saturated carbocycles. The predicted molar refractivity (Wildman–Crippen MR) is 133 cm³/mol. The molecule has 0 aliphatic carbocycles. The number of nitrogens with zero attached hydrogens (tertiary/aromatic N) is 3. The van der Waals surface area contributed by atoms with Gasteiger partial charge in [-0.1, -0.05) is 5.92 Å². The second-order valence-corrected chi connectivity index (χ2v) is 10.2. The molecule has 0 bridgehead atoms. The van der Waals surface area contributed by atoms with E-state index in [1.54, 1.807) is 6.07 Å². The molecule has 1 aromatic carbocycles. The quantitative estimate of drug-likeness (QED) is 0.253. The Morgan fingerprint density at radius 2 is 1.92 bits per heavy atom. The van der Waals surface area contributed by atoms with Crippen molar-refractivity contribution in [3.05, 3.63) is 78.0 Å². The van der Waals surface area contributed by atoms with Crippen molar-refractivity contribution in [3.8, 4) is 23.6 Å². The summed E-state index contributed by atoms with van der Waals surface area (Å²) in [6, 6.07) is 8.60. The Morgan fingerprint density at radius 3 is 2.59 bits per heavy atom. The molecule has 0 spiro atoms. The Bertz CT molecular complexity index is 1660. The Kier molecular flexibility index (Phi) is 7.71. The van der Waals surface area contributed by atoms with E-state index in [2.05, 4.69) is 21.2 Å². The molecule has 0 saturated heterocycles. The van der Waals surface area contributed by atoms with Crippen LogP contribution in [-0.2, 0) is 27.5 Å². The Hall–Kier alpha value is -4.28. The number of sulfonamides is 1. The Labute approximate surface area is 220 Å². The topological polar surface area (TPSA) is 105 Å². The van der Waals surface area contributed by atoms with Crippen LogP contribution in [0.1, 0.15) is 18.2 Å². The minimum absolute atomic E-state index is 0.120. The number of carbonyl (C=O) groups excluding carboxylic acids is 1. The molecular weight excluding hydrogens is 540 g/mol. The highest BCUT2D eigenvalue weighted by atomic mass is 32.2. The molecule has 13 heteroatoms. The first-order valence-corrected chi connectivity index (χ1v) is 12.7. The van der Waals surface area contributed by atoms with Crippen molar-refractivity contribution >= 4 is 26.9 Å². The van der Waals surface area contributed by atoms with Gasteiger partial charge in [0.2, 0.25) is 11.0 Å². The number of terminal acetylenes is 1. The number of aromatic nitrogens is 2. The minimum Gasteiger partial charge on any atom is -0.443 e. The van der Waals surface area contributed by atoms with Crippen molar-refractivity contribution in [2.24, 2.45) is 0 Å². The molecule has 1 atom stereocenters. The molecule has 1 amide bonds. The third-order valence-corrected chi connectivity index (χ3v) is 7.50. The van der Waals surface area contributed by atoms with E-state index < -0.39 is 51.2 Å². The first kappa shape index (κ1) is 27.7. The maximum absolute atomic E-state index is 13.5. The molecular formula is C26H20F4N4O4S. The number of furan rings is 1. The lowest BCUT2D eigenvalue weighted by atomic mass is 10.1. The molecule has 0 aliphatic rings. The van der Waals surface area contributed by atoms with Gasteiger partial charge in [-0.15, -0.1) is 6.42 Å². The van der Waals surface area contributed by atoms with Gasteiger partial charge in [0.1, 0.15) is 17.4 Å². The third-order valence-electron chi connectivity index (χ3n) is 5.72. The molecule has 3 heterocycles. The number of hydrogen-bond donors (Lipinski definition) is 1. The summed E-state index contributed by atoms with van der Waals surface area (Å²) >= 11 is 0. The fourth-order valence-corrected chi connectivity index (χ4v) is 5.13. The second-order valence-electron chi connectivity index (χ2n) is 8.36. The summed E-state index contributed by atoms with van der Waals surface area (Å²) < 4.78 is 84.6. The molecule has 3 aromatic heterocycles. The van der Waals surface area contributed by atoms with Crippen LogP contribution in [-0.4, -0.2) is 41.2 Å². The van der Waals surface area contributed by atoms with Crippen molar-refractivity contribution in [3.63, 3.8) is 0 Å². The van der Waals surface area contributed by atoms with Gasteiger partial charge in [-0.05, 0) is 49.4 Å². The number of nitrogens with one attached hydrogen (secondary N) is 1. The summed E-state index contributed by atoms with van der Waals surface area (Å²) in [6.07, 6.45) is 2.97. The molecule has 1 N–H and O–H groups in total. The van der Waals surface area contributed by atoms with Crippen LogP contribution in [0.4, 0.5) is 17.6 Å². The van der Waals surface area contributed by atoms with Crippen molar-refractivity contribution in [1.82, 2.24) is 19.6 Å². The predicted octanol–water partition coefficient (Wildman–Crippen LogP) is 4.38. The number of benzene rings is 1. The van der Waals surface area contributed by atoms with E-state index in [9.17, 15) is 30.8 Å².